The molecule has 2 heteroatoms. The fraction of sp³-hybridized carbons (Fsp3) is 0.143. The highest BCUT2D eigenvalue weighted by atomic mass is 16.3. The van der Waals surface area contributed by atoms with Crippen LogP contribution in [0.1, 0.15) is 6.92 Å². The van der Waals surface area contributed by atoms with Crippen molar-refractivity contribution in [2.45, 2.75) is 6.92 Å². The van der Waals surface area contributed by atoms with Gasteiger partial charge in [0.15, 0.2) is 0 Å². The maximum absolute atomic E-state index is 8.85. The largest absolute Gasteiger partial charge is 0.508 e. The van der Waals surface area contributed by atoms with Crippen LogP contribution in [0.25, 0.3) is 0 Å². The van der Waals surface area contributed by atoms with Gasteiger partial charge in [0, 0.05) is 5.70 Å². The van der Waals surface area contributed by atoms with Gasteiger partial charge in [-0.3, -0.25) is 0 Å². The minimum absolute atomic E-state index is 0.130. The summed E-state index contributed by atoms with van der Waals surface area (Å²) in [5.74, 6) is 0.130. The summed E-state index contributed by atoms with van der Waals surface area (Å²) in [6.45, 7) is 5.10. The molecule has 0 heterocycles. The molecule has 0 aliphatic heterocycles. The Balaban J connectivity index is 4.05. The standard InChI is InChI=1S/C7H11NO/c1-3-4-7(9)5-6(2)8/h3-5,9H,1,8H2,2H3/b6-5+,7-4+. The lowest BCUT2D eigenvalue weighted by atomic mass is 10.3. The lowest BCUT2D eigenvalue weighted by Crippen LogP contribution is -1.90. The lowest BCUT2D eigenvalue weighted by molar-refractivity contribution is 0.432. The predicted octanol–water partition coefficient (Wildman–Crippen LogP) is 1.48. The summed E-state index contributed by atoms with van der Waals surface area (Å²) in [5, 5.41) is 8.85. The summed E-state index contributed by atoms with van der Waals surface area (Å²) in [5.41, 5.74) is 5.82. The molecule has 0 radical (unpaired) electrons. The summed E-state index contributed by atoms with van der Waals surface area (Å²) in [6.07, 6.45) is 4.42. The maximum Gasteiger partial charge on any atom is 0.117 e. The molecule has 0 saturated heterocycles. The molecule has 0 bridgehead atoms. The van der Waals surface area contributed by atoms with Crippen LogP contribution in [-0.2, 0) is 0 Å². The first-order chi connectivity index (χ1) is 4.16. The maximum atomic E-state index is 8.85. The van der Waals surface area contributed by atoms with E-state index in [1.165, 1.54) is 18.2 Å². The average Bonchev–Trinajstić information content (AvgIpc) is 1.63. The summed E-state index contributed by atoms with van der Waals surface area (Å²) >= 11 is 0. The lowest BCUT2D eigenvalue weighted by Gasteiger charge is -1.89. The zero-order valence-electron chi connectivity index (χ0n) is 5.46. The van der Waals surface area contributed by atoms with Crippen LogP contribution in [0.4, 0.5) is 0 Å². The molecular formula is C7H11NO. The van der Waals surface area contributed by atoms with Gasteiger partial charge in [-0.15, -0.1) is 0 Å². The molecule has 0 aliphatic carbocycles. The Hall–Kier alpha value is -1.18. The predicted molar refractivity (Wildman–Crippen MR) is 38.9 cm³/mol. The minimum Gasteiger partial charge on any atom is -0.508 e. The molecule has 0 aliphatic rings. The van der Waals surface area contributed by atoms with E-state index in [0.29, 0.717) is 5.70 Å². The van der Waals surface area contributed by atoms with Crippen LogP contribution in [0.3, 0.4) is 0 Å². The molecule has 0 aromatic rings. The zero-order chi connectivity index (χ0) is 7.28. The van der Waals surface area contributed by atoms with Crippen LogP contribution in [0.5, 0.6) is 0 Å². The zero-order valence-corrected chi connectivity index (χ0v) is 5.46. The van der Waals surface area contributed by atoms with Crippen molar-refractivity contribution in [2.75, 3.05) is 0 Å². The van der Waals surface area contributed by atoms with Crippen molar-refractivity contribution >= 4 is 0 Å². The Morgan fingerprint density at radius 1 is 1.67 bits per heavy atom. The van der Waals surface area contributed by atoms with Gasteiger partial charge in [0.25, 0.3) is 0 Å². The number of hydrogen-bond acceptors (Lipinski definition) is 2. The fourth-order valence-electron chi connectivity index (χ4n) is 0.402. The topological polar surface area (TPSA) is 46.2 Å². The highest BCUT2D eigenvalue weighted by Crippen LogP contribution is 1.92. The molecule has 9 heavy (non-hydrogen) atoms. The SMILES string of the molecule is C=C/C=C(O)\C=C(/C)N. The minimum atomic E-state index is 0.130. The van der Waals surface area contributed by atoms with E-state index in [9.17, 15) is 0 Å². The second-order valence-electron chi connectivity index (χ2n) is 1.72. The molecule has 0 aromatic carbocycles. The van der Waals surface area contributed by atoms with Crippen molar-refractivity contribution in [3.05, 3.63) is 36.3 Å². The second kappa shape index (κ2) is 3.78. The highest BCUT2D eigenvalue weighted by Gasteiger charge is 1.81. The number of aliphatic hydroxyl groups excluding tert-OH is 1. The van der Waals surface area contributed by atoms with Gasteiger partial charge < -0.3 is 10.8 Å². The smallest absolute Gasteiger partial charge is 0.117 e. The van der Waals surface area contributed by atoms with E-state index in [2.05, 4.69) is 6.58 Å². The fourth-order valence-corrected chi connectivity index (χ4v) is 0.402. The molecular weight excluding hydrogens is 114 g/mol. The molecule has 0 aromatic heterocycles. The average molecular weight is 125 g/mol. The van der Waals surface area contributed by atoms with Gasteiger partial charge in [-0.25, -0.2) is 0 Å². The Morgan fingerprint density at radius 2 is 2.22 bits per heavy atom. The van der Waals surface area contributed by atoms with Crippen LogP contribution >= 0.6 is 0 Å². The first kappa shape index (κ1) is 7.82. The third kappa shape index (κ3) is 4.68. The number of hydrogen-bond donors (Lipinski definition) is 2. The van der Waals surface area contributed by atoms with Gasteiger partial charge in [-0.1, -0.05) is 12.7 Å². The number of aliphatic hydroxyl groups is 1. The van der Waals surface area contributed by atoms with E-state index < -0.39 is 0 Å². The van der Waals surface area contributed by atoms with E-state index in [-0.39, 0.29) is 5.76 Å². The Morgan fingerprint density at radius 3 is 2.56 bits per heavy atom. The summed E-state index contributed by atoms with van der Waals surface area (Å²) in [6, 6.07) is 0. The molecule has 0 amide bonds. The van der Waals surface area contributed by atoms with Crippen molar-refractivity contribution in [1.29, 1.82) is 0 Å². The van der Waals surface area contributed by atoms with E-state index in [1.54, 1.807) is 6.92 Å². The Labute approximate surface area is 55.0 Å². The third-order valence-corrected chi connectivity index (χ3v) is 0.664. The van der Waals surface area contributed by atoms with E-state index >= 15 is 0 Å². The molecule has 2 nitrogen and oxygen atoms in total. The Kier molecular flexibility index (Phi) is 3.28. The van der Waals surface area contributed by atoms with Crippen LogP contribution in [-0.4, -0.2) is 5.11 Å². The van der Waals surface area contributed by atoms with Gasteiger partial charge in [-0.05, 0) is 19.1 Å². The molecule has 3 N–H and O–H groups in total. The van der Waals surface area contributed by atoms with Crippen molar-refractivity contribution < 1.29 is 5.11 Å². The Bertz CT molecular complexity index is 152. The van der Waals surface area contributed by atoms with Gasteiger partial charge >= 0.3 is 0 Å². The molecule has 50 valence electrons. The second-order valence-corrected chi connectivity index (χ2v) is 1.72. The van der Waals surface area contributed by atoms with Crippen LogP contribution in [0, 0.1) is 0 Å². The molecule has 0 atom stereocenters. The van der Waals surface area contributed by atoms with E-state index in [4.69, 9.17) is 10.8 Å². The van der Waals surface area contributed by atoms with Crippen LogP contribution in [0.15, 0.2) is 36.3 Å². The molecule has 0 saturated carbocycles. The van der Waals surface area contributed by atoms with Gasteiger partial charge in [0.1, 0.15) is 5.76 Å². The van der Waals surface area contributed by atoms with Gasteiger partial charge in [0.2, 0.25) is 0 Å². The molecule has 0 unspecified atom stereocenters. The summed E-state index contributed by atoms with van der Waals surface area (Å²) < 4.78 is 0. The van der Waals surface area contributed by atoms with Gasteiger partial charge in [-0.2, -0.15) is 0 Å². The molecule has 0 rings (SSSR count). The van der Waals surface area contributed by atoms with Crippen LogP contribution < -0.4 is 5.73 Å². The quantitative estimate of drug-likeness (QED) is 0.433. The van der Waals surface area contributed by atoms with Crippen molar-refractivity contribution in [3.8, 4) is 0 Å². The summed E-state index contributed by atoms with van der Waals surface area (Å²) in [4.78, 5) is 0. The van der Waals surface area contributed by atoms with E-state index in [1.807, 2.05) is 0 Å². The van der Waals surface area contributed by atoms with Crippen molar-refractivity contribution in [2.24, 2.45) is 5.73 Å². The highest BCUT2D eigenvalue weighted by molar-refractivity contribution is 5.18. The third-order valence-electron chi connectivity index (χ3n) is 0.664. The van der Waals surface area contributed by atoms with Crippen molar-refractivity contribution in [3.63, 3.8) is 0 Å². The normalized spacial score (nSPS) is 13.4. The van der Waals surface area contributed by atoms with Crippen molar-refractivity contribution in [1.82, 2.24) is 0 Å². The number of nitrogens with two attached hydrogens (primary N) is 1. The molecule has 0 spiro atoms. The summed E-state index contributed by atoms with van der Waals surface area (Å²) in [7, 11) is 0. The first-order valence-corrected chi connectivity index (χ1v) is 2.62. The molecule has 0 fully saturated rings. The number of allylic oxidation sites excluding steroid dienone is 4. The van der Waals surface area contributed by atoms with Gasteiger partial charge in [0.05, 0.1) is 0 Å². The number of rotatable bonds is 2. The van der Waals surface area contributed by atoms with E-state index in [0.717, 1.165) is 0 Å². The van der Waals surface area contributed by atoms with Crippen LogP contribution in [0.2, 0.25) is 0 Å². The monoisotopic (exact) mass is 125 g/mol. The first-order valence-electron chi connectivity index (χ1n) is 2.62.